The first-order chi connectivity index (χ1) is 28.4. The Kier molecular flexibility index (Phi) is 10.7. The average Bonchev–Trinajstić information content (AvgIpc) is 3.26. The number of hydrogen-bond donors (Lipinski definition) is 0. The molecule has 0 unspecified atom stereocenters. The number of allylic oxidation sites excluding steroid dienone is 6. The van der Waals surface area contributed by atoms with Crippen molar-refractivity contribution in [1.29, 1.82) is 0 Å². The zero-order chi connectivity index (χ0) is 40.2. The van der Waals surface area contributed by atoms with Gasteiger partial charge < -0.3 is 4.90 Å². The van der Waals surface area contributed by atoms with Gasteiger partial charge in [-0.2, -0.15) is 0 Å². The van der Waals surface area contributed by atoms with Gasteiger partial charge in [-0.15, -0.1) is 0 Å². The van der Waals surface area contributed by atoms with E-state index in [1.165, 1.54) is 82.0 Å². The lowest BCUT2D eigenvalue weighted by atomic mass is 9.85. The van der Waals surface area contributed by atoms with Gasteiger partial charge in [0.15, 0.2) is 0 Å². The molecule has 8 aromatic carbocycles. The van der Waals surface area contributed by atoms with Crippen molar-refractivity contribution in [3.63, 3.8) is 0 Å². The van der Waals surface area contributed by atoms with Crippen molar-refractivity contribution >= 4 is 49.8 Å². The molecule has 0 N–H and O–H groups in total. The van der Waals surface area contributed by atoms with Gasteiger partial charge in [0.1, 0.15) is 0 Å². The second-order valence-corrected chi connectivity index (χ2v) is 14.6. The van der Waals surface area contributed by atoms with E-state index in [9.17, 15) is 0 Å². The molecular formula is C56H46N2. The summed E-state index contributed by atoms with van der Waals surface area (Å²) in [6.07, 6.45) is 11.4. The predicted molar refractivity (Wildman–Crippen MR) is 253 cm³/mol. The molecule has 0 radical (unpaired) electrons. The topological polar surface area (TPSA) is 15.6 Å². The monoisotopic (exact) mass is 746 g/mol. The molecule has 2 heteroatoms. The van der Waals surface area contributed by atoms with Gasteiger partial charge in [0.25, 0.3) is 0 Å². The highest BCUT2D eigenvalue weighted by molar-refractivity contribution is 6.21. The lowest BCUT2D eigenvalue weighted by Crippen LogP contribution is -2.21. The Labute approximate surface area is 342 Å². The molecular weight excluding hydrogens is 701 g/mol. The Morgan fingerprint density at radius 1 is 0.569 bits per heavy atom. The molecule has 0 saturated heterocycles. The summed E-state index contributed by atoms with van der Waals surface area (Å²) < 4.78 is 0. The van der Waals surface area contributed by atoms with Crippen LogP contribution < -0.4 is 0 Å². The normalized spacial score (nSPS) is 12.3. The van der Waals surface area contributed by atoms with Crippen molar-refractivity contribution in [2.75, 3.05) is 0 Å². The molecule has 0 spiro atoms. The van der Waals surface area contributed by atoms with Crippen molar-refractivity contribution in [2.24, 2.45) is 4.99 Å². The van der Waals surface area contributed by atoms with E-state index >= 15 is 0 Å². The third-order valence-corrected chi connectivity index (χ3v) is 11.0. The molecule has 8 rings (SSSR count). The van der Waals surface area contributed by atoms with Crippen molar-refractivity contribution in [2.45, 2.75) is 20.4 Å². The maximum absolute atomic E-state index is 4.23. The first kappa shape index (κ1) is 37.6. The number of benzene rings is 8. The fourth-order valence-electron chi connectivity index (χ4n) is 8.33. The van der Waals surface area contributed by atoms with Crippen LogP contribution in [0, 0.1) is 6.92 Å². The molecule has 280 valence electrons. The van der Waals surface area contributed by atoms with Crippen molar-refractivity contribution in [3.05, 3.63) is 230 Å². The van der Waals surface area contributed by atoms with Crippen molar-refractivity contribution in [3.8, 4) is 33.4 Å². The summed E-state index contributed by atoms with van der Waals surface area (Å²) in [4.78, 5) is 6.39. The van der Waals surface area contributed by atoms with Gasteiger partial charge in [0.2, 0.25) is 0 Å². The van der Waals surface area contributed by atoms with Crippen LogP contribution in [0.5, 0.6) is 0 Å². The molecule has 0 aliphatic rings. The lowest BCUT2D eigenvalue weighted by molar-refractivity contribution is 0.443. The Balaban J connectivity index is 1.14. The molecule has 58 heavy (non-hydrogen) atoms. The number of aliphatic imine (C=N–C) groups is 1. The minimum Gasteiger partial charge on any atom is -0.335 e. The van der Waals surface area contributed by atoms with E-state index in [0.29, 0.717) is 12.2 Å². The van der Waals surface area contributed by atoms with E-state index in [4.69, 9.17) is 0 Å². The zero-order valence-electron chi connectivity index (χ0n) is 33.3. The van der Waals surface area contributed by atoms with Gasteiger partial charge in [0, 0.05) is 12.2 Å². The van der Waals surface area contributed by atoms with Crippen LogP contribution in [-0.4, -0.2) is 11.6 Å². The Morgan fingerprint density at radius 3 is 1.59 bits per heavy atom. The Bertz CT molecular complexity index is 2960. The standard InChI is InChI=1S/C56H46N2/c1-7-16-48(17-8-2)58(54(10-4)53(9-3)57-6)37-39-24-25-41-34-42(27-26-40(41)33-39)43-28-29-45-36-47(31-30-44(45)35-43)56-51-22-13-11-20-49(51)55(46-19-15-18-38(5)32-46)50-21-12-14-23-52(50)56/h7-36H,1,3-4,6,37H2,2,5H3/b17-8-,48-16+,54-53-. The van der Waals surface area contributed by atoms with E-state index in [0.717, 1.165) is 17.0 Å². The fraction of sp³-hybridized carbons (Fsp3) is 0.0536. The molecule has 2 nitrogen and oxygen atoms in total. The second kappa shape index (κ2) is 16.4. The van der Waals surface area contributed by atoms with Crippen LogP contribution in [-0.2, 0) is 6.54 Å². The predicted octanol–water partition coefficient (Wildman–Crippen LogP) is 15.3. The third-order valence-electron chi connectivity index (χ3n) is 11.0. The van der Waals surface area contributed by atoms with Crippen LogP contribution in [0.15, 0.2) is 224 Å². The highest BCUT2D eigenvalue weighted by Gasteiger charge is 2.18. The smallest absolute Gasteiger partial charge is 0.0853 e. The molecule has 8 aromatic rings. The van der Waals surface area contributed by atoms with E-state index in [2.05, 4.69) is 195 Å². The zero-order valence-corrected chi connectivity index (χ0v) is 33.3. The molecule has 0 saturated carbocycles. The van der Waals surface area contributed by atoms with Crippen LogP contribution in [0.2, 0.25) is 0 Å². The van der Waals surface area contributed by atoms with E-state index in [1.807, 2.05) is 19.1 Å². The van der Waals surface area contributed by atoms with Crippen molar-refractivity contribution < 1.29 is 0 Å². The molecule has 0 fully saturated rings. The third kappa shape index (κ3) is 7.13. The number of fused-ring (bicyclic) bond motifs is 4. The molecule has 0 aromatic heterocycles. The minimum atomic E-state index is 0.602. The number of rotatable bonds is 12. The summed E-state index contributed by atoms with van der Waals surface area (Å²) in [7, 11) is 0. The van der Waals surface area contributed by atoms with Crippen molar-refractivity contribution in [1.82, 2.24) is 4.90 Å². The summed E-state index contributed by atoms with van der Waals surface area (Å²) in [6.45, 7) is 20.5. The average molecular weight is 747 g/mol. The minimum absolute atomic E-state index is 0.602. The van der Waals surface area contributed by atoms with Gasteiger partial charge in [0.05, 0.1) is 11.4 Å². The Hall–Kier alpha value is -7.29. The largest absolute Gasteiger partial charge is 0.335 e. The lowest BCUT2D eigenvalue weighted by Gasteiger charge is -2.28. The maximum atomic E-state index is 4.23. The highest BCUT2D eigenvalue weighted by Crippen LogP contribution is 2.44. The SMILES string of the molecule is C=C/C=C(\C=C/C)N(Cc1ccc2cc(-c3ccc4cc(-c5c6ccccc6c(-c6cccc(C)c6)c6ccccc56)ccc4c3)ccc2c1)/C(C=C)=C(/C=C)N=C. The summed E-state index contributed by atoms with van der Waals surface area (Å²) >= 11 is 0. The summed E-state index contributed by atoms with van der Waals surface area (Å²) in [5.74, 6) is 0. The van der Waals surface area contributed by atoms with Crippen LogP contribution in [0.1, 0.15) is 18.1 Å². The highest BCUT2D eigenvalue weighted by atomic mass is 15.2. The molecule has 0 bridgehead atoms. The quantitative estimate of drug-likeness (QED) is 0.0690. The van der Waals surface area contributed by atoms with Crippen LogP contribution in [0.25, 0.3) is 76.5 Å². The Morgan fingerprint density at radius 2 is 1.09 bits per heavy atom. The molecule has 0 aliphatic carbocycles. The second-order valence-electron chi connectivity index (χ2n) is 14.6. The summed E-state index contributed by atoms with van der Waals surface area (Å²) in [5, 5.41) is 9.86. The molecule has 0 amide bonds. The number of aryl methyl sites for hydroxylation is 1. The summed E-state index contributed by atoms with van der Waals surface area (Å²) in [6, 6.07) is 53.7. The van der Waals surface area contributed by atoms with Gasteiger partial charge in [-0.1, -0.05) is 159 Å². The summed E-state index contributed by atoms with van der Waals surface area (Å²) in [5.41, 5.74) is 12.3. The fourth-order valence-corrected chi connectivity index (χ4v) is 8.33. The van der Waals surface area contributed by atoms with Crippen LogP contribution in [0.4, 0.5) is 0 Å². The molecule has 0 atom stereocenters. The van der Waals surface area contributed by atoms with Crippen LogP contribution in [0.3, 0.4) is 0 Å². The van der Waals surface area contributed by atoms with E-state index < -0.39 is 0 Å². The number of nitrogens with zero attached hydrogens (tertiary/aromatic N) is 2. The van der Waals surface area contributed by atoms with Gasteiger partial charge in [-0.3, -0.25) is 4.99 Å². The first-order valence-corrected chi connectivity index (χ1v) is 19.7. The van der Waals surface area contributed by atoms with Gasteiger partial charge in [-0.05, 0) is 151 Å². The van der Waals surface area contributed by atoms with Gasteiger partial charge in [-0.25, -0.2) is 0 Å². The van der Waals surface area contributed by atoms with E-state index in [-0.39, 0.29) is 0 Å². The number of hydrogen-bond acceptors (Lipinski definition) is 2. The van der Waals surface area contributed by atoms with Gasteiger partial charge >= 0.3 is 0 Å². The van der Waals surface area contributed by atoms with Crippen LogP contribution >= 0.6 is 0 Å². The van der Waals surface area contributed by atoms with E-state index in [1.54, 1.807) is 18.2 Å². The maximum Gasteiger partial charge on any atom is 0.0853 e. The molecule has 0 heterocycles. The molecule has 0 aliphatic heterocycles. The first-order valence-electron chi connectivity index (χ1n) is 19.7.